The van der Waals surface area contributed by atoms with Crippen molar-refractivity contribution in [2.45, 2.75) is 51.7 Å². The number of rotatable bonds is 9. The summed E-state index contributed by atoms with van der Waals surface area (Å²) in [5.74, 6) is 0.722. The first-order chi connectivity index (χ1) is 18.0. The average Bonchev–Trinajstić information content (AvgIpc) is 3.33. The Morgan fingerprint density at radius 2 is 1.86 bits per heavy atom. The third-order valence-corrected chi connectivity index (χ3v) is 5.52. The Hall–Kier alpha value is -3.63. The second-order valence-electron chi connectivity index (χ2n) is 8.16. The molecule has 10 heteroatoms. The Balaban J connectivity index is 0.000000531. The number of ether oxygens (including phenoxy) is 3. The summed E-state index contributed by atoms with van der Waals surface area (Å²) in [5, 5.41) is 13.7. The number of anilines is 2. The summed E-state index contributed by atoms with van der Waals surface area (Å²) < 4.78 is 30.3. The third kappa shape index (κ3) is 8.19. The van der Waals surface area contributed by atoms with Gasteiger partial charge in [-0.2, -0.15) is 0 Å². The van der Waals surface area contributed by atoms with E-state index in [-0.39, 0.29) is 19.0 Å². The van der Waals surface area contributed by atoms with Gasteiger partial charge in [-0.3, -0.25) is 4.99 Å². The van der Waals surface area contributed by atoms with Crippen LogP contribution in [0.3, 0.4) is 0 Å². The molecule has 3 aromatic rings. The molecule has 9 nitrogen and oxygen atoms in total. The second kappa shape index (κ2) is 15.5. The number of aliphatic imine (C=N–C) groups is 1. The largest absolute Gasteiger partial charge is 0.496 e. The molecule has 0 aliphatic carbocycles. The van der Waals surface area contributed by atoms with E-state index in [1.807, 2.05) is 6.79 Å². The lowest BCUT2D eigenvalue weighted by atomic mass is 10.1. The van der Waals surface area contributed by atoms with E-state index in [1.165, 1.54) is 57.3 Å². The Bertz CT molecular complexity index is 1140. The minimum Gasteiger partial charge on any atom is -0.496 e. The van der Waals surface area contributed by atoms with Gasteiger partial charge in [-0.15, -0.1) is 0 Å². The lowest BCUT2D eigenvalue weighted by molar-refractivity contribution is -0.0980. The predicted molar refractivity (Wildman–Crippen MR) is 143 cm³/mol. The van der Waals surface area contributed by atoms with E-state index in [0.717, 1.165) is 0 Å². The van der Waals surface area contributed by atoms with Gasteiger partial charge in [-0.1, -0.05) is 39.5 Å². The number of unbranched alkanes of at least 4 members (excludes halogenated alkanes) is 3. The van der Waals surface area contributed by atoms with E-state index in [0.29, 0.717) is 33.8 Å². The van der Waals surface area contributed by atoms with Crippen molar-refractivity contribution in [3.63, 3.8) is 0 Å². The summed E-state index contributed by atoms with van der Waals surface area (Å²) in [6, 6.07) is 7.56. The maximum Gasteiger partial charge on any atom is 0.150 e. The van der Waals surface area contributed by atoms with Gasteiger partial charge in [0.1, 0.15) is 42.4 Å². The average molecular weight is 515 g/mol. The Labute approximate surface area is 216 Å². The van der Waals surface area contributed by atoms with Gasteiger partial charge in [0.05, 0.1) is 42.6 Å². The first kappa shape index (κ1) is 29.6. The van der Waals surface area contributed by atoms with Crippen LogP contribution in [-0.4, -0.2) is 61.1 Å². The fourth-order valence-corrected chi connectivity index (χ4v) is 3.61. The maximum atomic E-state index is 13.8. The van der Waals surface area contributed by atoms with Crippen molar-refractivity contribution in [1.29, 1.82) is 0 Å². The number of aliphatic hydroxyl groups is 1. The van der Waals surface area contributed by atoms with Gasteiger partial charge in [0.15, 0.2) is 6.10 Å². The Morgan fingerprint density at radius 3 is 2.46 bits per heavy atom. The number of nitrogens with one attached hydrogen (secondary N) is 1. The molecule has 2 unspecified atom stereocenters. The zero-order valence-electron chi connectivity index (χ0n) is 21.6. The fourth-order valence-electron chi connectivity index (χ4n) is 3.61. The predicted octanol–water partition coefficient (Wildman–Crippen LogP) is 5.39. The van der Waals surface area contributed by atoms with Gasteiger partial charge < -0.3 is 29.4 Å². The van der Waals surface area contributed by atoms with Gasteiger partial charge in [0.25, 0.3) is 0 Å². The number of hydrogen-bond donors (Lipinski definition) is 2. The van der Waals surface area contributed by atoms with Gasteiger partial charge in [-0.25, -0.2) is 14.4 Å². The standard InChI is InChI=1S/C20H19FN4O4.C6H14.CH2O/c1-22-12-6-14-19(17(7-12)27-2)20(24-10-23-14)25-13-4-3-11(21)5-16(13)29-18-9-28-8-15(18)26;1-3-5-6-4-2;1-2/h3-7,10,15,18,26H,1,8-9H2,2H3,(H,23,24,25);3-6H2,1-2H3;1H2. The summed E-state index contributed by atoms with van der Waals surface area (Å²) >= 11 is 0. The molecule has 0 amide bonds. The van der Waals surface area contributed by atoms with E-state index in [9.17, 15) is 9.50 Å². The highest BCUT2D eigenvalue weighted by molar-refractivity contribution is 5.98. The first-order valence-electron chi connectivity index (χ1n) is 12.1. The summed E-state index contributed by atoms with van der Waals surface area (Å²) in [4.78, 5) is 20.5. The lowest BCUT2D eigenvalue weighted by Crippen LogP contribution is -2.30. The molecule has 2 aromatic carbocycles. The molecule has 37 heavy (non-hydrogen) atoms. The highest BCUT2D eigenvalue weighted by Crippen LogP contribution is 2.37. The quantitative estimate of drug-likeness (QED) is 0.288. The fraction of sp³-hybridized carbons (Fsp3) is 0.407. The van der Waals surface area contributed by atoms with E-state index >= 15 is 0 Å². The molecule has 0 spiro atoms. The minimum absolute atomic E-state index is 0.177. The number of methoxy groups -OCH3 is 1. The molecular formula is C27H35FN4O5. The van der Waals surface area contributed by atoms with Crippen molar-refractivity contribution in [1.82, 2.24) is 9.97 Å². The van der Waals surface area contributed by atoms with Crippen molar-refractivity contribution in [3.8, 4) is 11.5 Å². The SMILES string of the molecule is C=Nc1cc(OC)c2c(Nc3ccc(F)cc3OC3COCC3O)ncnc2c1.C=O.CCCCCC. The van der Waals surface area contributed by atoms with Crippen LogP contribution in [0.25, 0.3) is 10.9 Å². The van der Waals surface area contributed by atoms with Crippen LogP contribution in [0.4, 0.5) is 21.6 Å². The number of halogens is 1. The van der Waals surface area contributed by atoms with Crippen molar-refractivity contribution in [2.75, 3.05) is 25.6 Å². The van der Waals surface area contributed by atoms with Crippen LogP contribution in [-0.2, 0) is 9.53 Å². The molecule has 1 aliphatic rings. The number of benzene rings is 2. The molecule has 1 aliphatic heterocycles. The van der Waals surface area contributed by atoms with E-state index < -0.39 is 18.0 Å². The normalized spacial score (nSPS) is 16.1. The van der Waals surface area contributed by atoms with Gasteiger partial charge in [-0.05, 0) is 24.9 Å². The monoisotopic (exact) mass is 514 g/mol. The molecule has 2 N–H and O–H groups in total. The number of nitrogens with zero attached hydrogens (tertiary/aromatic N) is 3. The molecule has 4 rings (SSSR count). The van der Waals surface area contributed by atoms with Crippen molar-refractivity contribution >= 4 is 41.6 Å². The summed E-state index contributed by atoms with van der Waals surface area (Å²) in [7, 11) is 1.53. The molecular weight excluding hydrogens is 479 g/mol. The van der Waals surface area contributed by atoms with Crippen LogP contribution in [0.15, 0.2) is 41.7 Å². The van der Waals surface area contributed by atoms with Crippen molar-refractivity contribution < 1.29 is 28.5 Å². The van der Waals surface area contributed by atoms with Gasteiger partial charge in [0.2, 0.25) is 0 Å². The Morgan fingerprint density at radius 1 is 1.14 bits per heavy atom. The summed E-state index contributed by atoms with van der Waals surface area (Å²) in [6.45, 7) is 10.4. The van der Waals surface area contributed by atoms with Crippen LogP contribution in [0.5, 0.6) is 11.5 Å². The molecule has 1 fully saturated rings. The number of carbonyl (C=O) groups is 1. The lowest BCUT2D eigenvalue weighted by Gasteiger charge is -2.19. The third-order valence-electron chi connectivity index (χ3n) is 5.52. The van der Waals surface area contributed by atoms with E-state index in [1.54, 1.807) is 12.1 Å². The molecule has 1 aromatic heterocycles. The van der Waals surface area contributed by atoms with Gasteiger partial charge in [0, 0.05) is 12.1 Å². The molecule has 200 valence electrons. The first-order valence-corrected chi connectivity index (χ1v) is 12.1. The zero-order valence-corrected chi connectivity index (χ0v) is 21.6. The van der Waals surface area contributed by atoms with Crippen LogP contribution in [0.1, 0.15) is 39.5 Å². The maximum absolute atomic E-state index is 13.8. The van der Waals surface area contributed by atoms with Gasteiger partial charge >= 0.3 is 0 Å². The van der Waals surface area contributed by atoms with Crippen molar-refractivity contribution in [2.24, 2.45) is 4.99 Å². The number of carbonyl (C=O) groups excluding carboxylic acids is 1. The zero-order chi connectivity index (χ0) is 27.2. The molecule has 1 saturated heterocycles. The second-order valence-corrected chi connectivity index (χ2v) is 8.16. The van der Waals surface area contributed by atoms with E-state index in [4.69, 9.17) is 19.0 Å². The minimum atomic E-state index is -0.782. The summed E-state index contributed by atoms with van der Waals surface area (Å²) in [5.41, 5.74) is 1.69. The molecule has 0 bridgehead atoms. The van der Waals surface area contributed by atoms with Crippen LogP contribution in [0.2, 0.25) is 0 Å². The van der Waals surface area contributed by atoms with Crippen LogP contribution < -0.4 is 14.8 Å². The topological polar surface area (TPSA) is 115 Å². The van der Waals surface area contributed by atoms with Crippen LogP contribution >= 0.6 is 0 Å². The highest BCUT2D eigenvalue weighted by Gasteiger charge is 2.29. The summed E-state index contributed by atoms with van der Waals surface area (Å²) in [6.07, 6.45) is 5.57. The molecule has 2 atom stereocenters. The molecule has 0 radical (unpaired) electrons. The number of fused-ring (bicyclic) bond motifs is 1. The van der Waals surface area contributed by atoms with Crippen molar-refractivity contribution in [3.05, 3.63) is 42.5 Å². The number of aromatic nitrogens is 2. The Kier molecular flexibility index (Phi) is 12.4. The smallest absolute Gasteiger partial charge is 0.150 e. The number of hydrogen-bond acceptors (Lipinski definition) is 9. The highest BCUT2D eigenvalue weighted by atomic mass is 19.1. The van der Waals surface area contributed by atoms with Crippen LogP contribution in [0, 0.1) is 5.82 Å². The number of aliphatic hydroxyl groups excluding tert-OH is 1. The molecule has 0 saturated carbocycles. The molecule has 2 heterocycles. The van der Waals surface area contributed by atoms with E-state index in [2.05, 4.69) is 40.8 Å².